The molecule has 1 aliphatic carbocycles. The average molecular weight is 407 g/mol. The molecule has 1 amide bonds. The second-order valence-electron chi connectivity index (χ2n) is 8.65. The largest absolute Gasteiger partial charge is 0.490 e. The smallest absolute Gasteiger partial charge is 0.241 e. The number of amides is 1. The number of hydrogen-bond acceptors (Lipinski definition) is 4. The van der Waals surface area contributed by atoms with E-state index in [1.165, 1.54) is 23.1 Å². The molecule has 1 N–H and O–H groups in total. The lowest BCUT2D eigenvalue weighted by atomic mass is 10.0. The third kappa shape index (κ3) is 3.79. The van der Waals surface area contributed by atoms with E-state index in [0.29, 0.717) is 13.2 Å². The average Bonchev–Trinajstić information content (AvgIpc) is 3.37. The Labute approximate surface area is 178 Å². The molecule has 0 saturated carbocycles. The highest BCUT2D eigenvalue weighted by atomic mass is 16.5. The van der Waals surface area contributed by atoms with Crippen LogP contribution in [0.3, 0.4) is 0 Å². The van der Waals surface area contributed by atoms with Crippen LogP contribution in [0.25, 0.3) is 0 Å². The van der Waals surface area contributed by atoms with Crippen LogP contribution in [-0.4, -0.2) is 36.6 Å². The van der Waals surface area contributed by atoms with E-state index in [9.17, 15) is 4.79 Å². The monoisotopic (exact) mass is 406 g/mol. The Bertz CT molecular complexity index is 942. The van der Waals surface area contributed by atoms with Gasteiger partial charge in [-0.2, -0.15) is 0 Å². The van der Waals surface area contributed by atoms with Crippen molar-refractivity contribution in [3.8, 4) is 11.5 Å². The number of nitrogens with one attached hydrogen (secondary N) is 1. The van der Waals surface area contributed by atoms with E-state index in [2.05, 4.69) is 34.5 Å². The SMILES string of the molecule is C[C@@H](C(=O)Nc1ccc2c(c1)CCC2)N1CCC[C@@H]1c1ccc2c(c1)OCCCO2. The first-order chi connectivity index (χ1) is 14.7. The maximum Gasteiger partial charge on any atom is 0.241 e. The van der Waals surface area contributed by atoms with Crippen LogP contribution in [0.1, 0.15) is 55.3 Å². The Hall–Kier alpha value is -2.53. The molecule has 2 aliphatic heterocycles. The molecule has 5 heteroatoms. The van der Waals surface area contributed by atoms with Crippen LogP contribution in [0.5, 0.6) is 11.5 Å². The van der Waals surface area contributed by atoms with Crippen LogP contribution in [0.15, 0.2) is 36.4 Å². The molecule has 3 aliphatic rings. The molecule has 5 nitrogen and oxygen atoms in total. The summed E-state index contributed by atoms with van der Waals surface area (Å²) in [4.78, 5) is 15.4. The van der Waals surface area contributed by atoms with E-state index in [-0.39, 0.29) is 18.0 Å². The van der Waals surface area contributed by atoms with Crippen molar-refractivity contribution in [3.63, 3.8) is 0 Å². The number of likely N-dealkylation sites (tertiary alicyclic amines) is 1. The molecule has 2 atom stereocenters. The zero-order valence-corrected chi connectivity index (χ0v) is 17.7. The van der Waals surface area contributed by atoms with E-state index in [0.717, 1.165) is 55.8 Å². The van der Waals surface area contributed by atoms with Crippen molar-refractivity contribution in [3.05, 3.63) is 53.1 Å². The van der Waals surface area contributed by atoms with Crippen molar-refractivity contribution < 1.29 is 14.3 Å². The van der Waals surface area contributed by atoms with Gasteiger partial charge in [-0.3, -0.25) is 9.69 Å². The summed E-state index contributed by atoms with van der Waals surface area (Å²) < 4.78 is 11.7. The lowest BCUT2D eigenvalue weighted by molar-refractivity contribution is -0.121. The van der Waals surface area contributed by atoms with E-state index in [1.807, 2.05) is 19.1 Å². The summed E-state index contributed by atoms with van der Waals surface area (Å²) in [5, 5.41) is 3.15. The summed E-state index contributed by atoms with van der Waals surface area (Å²) in [6, 6.07) is 12.6. The Morgan fingerprint density at radius 1 is 1.00 bits per heavy atom. The van der Waals surface area contributed by atoms with Gasteiger partial charge < -0.3 is 14.8 Å². The van der Waals surface area contributed by atoms with Gasteiger partial charge in [-0.15, -0.1) is 0 Å². The predicted molar refractivity (Wildman–Crippen MR) is 117 cm³/mol. The minimum Gasteiger partial charge on any atom is -0.490 e. The van der Waals surface area contributed by atoms with Gasteiger partial charge in [0.15, 0.2) is 11.5 Å². The maximum atomic E-state index is 13.1. The molecule has 0 spiro atoms. The number of fused-ring (bicyclic) bond motifs is 2. The van der Waals surface area contributed by atoms with Crippen molar-refractivity contribution in [1.29, 1.82) is 0 Å². The van der Waals surface area contributed by atoms with E-state index >= 15 is 0 Å². The molecular formula is C25H30N2O3. The Kier molecular flexibility index (Phi) is 5.38. The van der Waals surface area contributed by atoms with Crippen LogP contribution in [-0.2, 0) is 17.6 Å². The summed E-state index contributed by atoms with van der Waals surface area (Å²) in [5.74, 6) is 1.71. The lowest BCUT2D eigenvalue weighted by Gasteiger charge is -2.30. The summed E-state index contributed by atoms with van der Waals surface area (Å²) in [7, 11) is 0. The number of aryl methyl sites for hydroxylation is 2. The molecule has 1 saturated heterocycles. The first-order valence-electron chi connectivity index (χ1n) is 11.3. The van der Waals surface area contributed by atoms with Crippen LogP contribution >= 0.6 is 0 Å². The van der Waals surface area contributed by atoms with Crippen LogP contribution in [0, 0.1) is 0 Å². The third-order valence-corrected chi connectivity index (χ3v) is 6.69. The predicted octanol–water partition coefficient (Wildman–Crippen LogP) is 4.50. The number of hydrogen-bond donors (Lipinski definition) is 1. The molecule has 1 fully saturated rings. The number of ether oxygens (including phenoxy) is 2. The first-order valence-corrected chi connectivity index (χ1v) is 11.3. The minimum absolute atomic E-state index is 0.0641. The van der Waals surface area contributed by atoms with Gasteiger partial charge in [0.1, 0.15) is 0 Å². The fourth-order valence-electron chi connectivity index (χ4n) is 5.04. The van der Waals surface area contributed by atoms with Crippen LogP contribution in [0.4, 0.5) is 5.69 Å². The summed E-state index contributed by atoms with van der Waals surface area (Å²) in [6.07, 6.45) is 6.54. The molecule has 158 valence electrons. The first kappa shape index (κ1) is 19.4. The molecule has 2 aromatic carbocycles. The maximum absolute atomic E-state index is 13.1. The molecule has 5 rings (SSSR count). The molecule has 30 heavy (non-hydrogen) atoms. The molecule has 0 bridgehead atoms. The second-order valence-corrected chi connectivity index (χ2v) is 8.65. The minimum atomic E-state index is -0.193. The topological polar surface area (TPSA) is 50.8 Å². The number of carbonyl (C=O) groups excluding carboxylic acids is 1. The van der Waals surface area contributed by atoms with Crippen LogP contribution < -0.4 is 14.8 Å². The van der Waals surface area contributed by atoms with Gasteiger partial charge in [-0.1, -0.05) is 12.1 Å². The van der Waals surface area contributed by atoms with Crippen molar-refractivity contribution >= 4 is 11.6 Å². The van der Waals surface area contributed by atoms with Crippen LogP contribution in [0.2, 0.25) is 0 Å². The van der Waals surface area contributed by atoms with E-state index in [1.54, 1.807) is 0 Å². The standard InChI is InChI=1S/C25H30N2O3/c1-17(25(28)26-21-10-8-18-5-2-6-19(18)15-21)27-12-3-7-22(27)20-9-11-23-24(16-20)30-14-4-13-29-23/h8-11,15-17,22H,2-7,12-14H2,1H3,(H,26,28)/t17-,22+/m0/s1. The summed E-state index contributed by atoms with van der Waals surface area (Å²) >= 11 is 0. The fourth-order valence-corrected chi connectivity index (χ4v) is 5.04. The lowest BCUT2D eigenvalue weighted by Crippen LogP contribution is -2.41. The summed E-state index contributed by atoms with van der Waals surface area (Å²) in [6.45, 7) is 4.33. The number of anilines is 1. The van der Waals surface area contributed by atoms with Gasteiger partial charge in [0, 0.05) is 18.2 Å². The van der Waals surface area contributed by atoms with Gasteiger partial charge in [0.25, 0.3) is 0 Å². The van der Waals surface area contributed by atoms with E-state index < -0.39 is 0 Å². The Morgan fingerprint density at radius 2 is 1.83 bits per heavy atom. The van der Waals surface area contributed by atoms with Crippen molar-refractivity contribution in [1.82, 2.24) is 4.90 Å². The fraction of sp³-hybridized carbons (Fsp3) is 0.480. The third-order valence-electron chi connectivity index (χ3n) is 6.69. The van der Waals surface area contributed by atoms with Gasteiger partial charge in [-0.05, 0) is 86.5 Å². The molecular weight excluding hydrogens is 376 g/mol. The highest BCUT2D eigenvalue weighted by molar-refractivity contribution is 5.94. The van der Waals surface area contributed by atoms with Crippen molar-refractivity contribution in [2.75, 3.05) is 25.1 Å². The molecule has 0 aromatic heterocycles. The number of nitrogens with zero attached hydrogens (tertiary/aromatic N) is 1. The van der Waals surface area contributed by atoms with Crippen molar-refractivity contribution in [2.24, 2.45) is 0 Å². The number of rotatable bonds is 4. The quantitative estimate of drug-likeness (QED) is 0.812. The van der Waals surface area contributed by atoms with Crippen molar-refractivity contribution in [2.45, 2.75) is 57.5 Å². The second kappa shape index (κ2) is 8.31. The number of carbonyl (C=O) groups is 1. The highest BCUT2D eigenvalue weighted by Gasteiger charge is 2.33. The molecule has 2 aromatic rings. The van der Waals surface area contributed by atoms with Gasteiger partial charge in [-0.25, -0.2) is 0 Å². The highest BCUT2D eigenvalue weighted by Crippen LogP contribution is 2.39. The normalized spacial score (nSPS) is 21.7. The molecule has 0 radical (unpaired) electrons. The number of benzene rings is 2. The molecule has 2 heterocycles. The zero-order chi connectivity index (χ0) is 20.5. The van der Waals surface area contributed by atoms with Gasteiger partial charge in [0.2, 0.25) is 5.91 Å². The summed E-state index contributed by atoms with van der Waals surface area (Å²) in [5.41, 5.74) is 4.93. The Morgan fingerprint density at radius 3 is 2.73 bits per heavy atom. The van der Waals surface area contributed by atoms with E-state index in [4.69, 9.17) is 9.47 Å². The Balaban J connectivity index is 1.30. The van der Waals surface area contributed by atoms with Gasteiger partial charge in [0.05, 0.1) is 19.3 Å². The molecule has 0 unspecified atom stereocenters. The zero-order valence-electron chi connectivity index (χ0n) is 17.7. The van der Waals surface area contributed by atoms with Gasteiger partial charge >= 0.3 is 0 Å².